The van der Waals surface area contributed by atoms with Crippen molar-refractivity contribution in [2.75, 3.05) is 40.3 Å². The van der Waals surface area contributed by atoms with Gasteiger partial charge in [0, 0.05) is 45.0 Å². The number of halogens is 4. The van der Waals surface area contributed by atoms with Crippen LogP contribution >= 0.6 is 46.4 Å². The molecule has 1 unspecified atom stereocenters. The molecule has 0 saturated carbocycles. The SMILES string of the molecule is CNCC(c1ccc(Cl)cc1)c1ccc(Cl)cc1.Cc1ccc(OCC(=O)C(C)Oc2ccc(CCCN(C)CC(c3ccc(Cl)cc3)c3ccc(Cl)cc3)cc2)cc1. The van der Waals surface area contributed by atoms with E-state index in [0.29, 0.717) is 17.4 Å². The fourth-order valence-electron chi connectivity index (χ4n) is 6.68. The summed E-state index contributed by atoms with van der Waals surface area (Å²) < 4.78 is 11.5. The third-order valence-electron chi connectivity index (χ3n) is 10.1. The molecule has 0 saturated heterocycles. The highest BCUT2D eigenvalue weighted by Crippen LogP contribution is 2.29. The molecule has 308 valence electrons. The Kier molecular flexibility index (Phi) is 18.2. The smallest absolute Gasteiger partial charge is 0.210 e. The fraction of sp³-hybridized carbons (Fsp3) is 0.260. The molecule has 1 N–H and O–H groups in total. The number of ether oxygens (including phenoxy) is 2. The number of hydrogen-bond acceptors (Lipinski definition) is 5. The first-order chi connectivity index (χ1) is 28.5. The summed E-state index contributed by atoms with van der Waals surface area (Å²) in [5, 5.41) is 6.23. The zero-order valence-electron chi connectivity index (χ0n) is 34.0. The van der Waals surface area contributed by atoms with Crippen LogP contribution in [0.3, 0.4) is 0 Å². The van der Waals surface area contributed by atoms with Crippen LogP contribution in [0.5, 0.6) is 11.5 Å². The number of ketones is 1. The van der Waals surface area contributed by atoms with E-state index < -0.39 is 6.10 Å². The highest BCUT2D eigenvalue weighted by Gasteiger charge is 2.18. The highest BCUT2D eigenvalue weighted by atomic mass is 35.5. The lowest BCUT2D eigenvalue weighted by molar-refractivity contribution is -0.127. The van der Waals surface area contributed by atoms with Gasteiger partial charge in [-0.3, -0.25) is 4.79 Å². The first kappa shape index (κ1) is 45.7. The number of Topliss-reactive ketones (excluding diaryl/α,β-unsaturated/α-hetero) is 1. The van der Waals surface area contributed by atoms with Crippen LogP contribution in [0.4, 0.5) is 0 Å². The molecule has 0 aliphatic rings. The highest BCUT2D eigenvalue weighted by molar-refractivity contribution is 6.31. The Balaban J connectivity index is 0.000000305. The van der Waals surface area contributed by atoms with E-state index >= 15 is 0 Å². The van der Waals surface area contributed by atoms with Gasteiger partial charge in [0.1, 0.15) is 11.5 Å². The van der Waals surface area contributed by atoms with Crippen molar-refractivity contribution in [3.05, 3.63) is 199 Å². The molecule has 0 bridgehead atoms. The van der Waals surface area contributed by atoms with Gasteiger partial charge in [0.15, 0.2) is 12.7 Å². The minimum absolute atomic E-state index is 0.0211. The first-order valence-corrected chi connectivity index (χ1v) is 21.3. The average Bonchev–Trinajstić information content (AvgIpc) is 3.24. The molecule has 0 amide bonds. The average molecular weight is 871 g/mol. The second-order valence-corrected chi connectivity index (χ2v) is 16.5. The third kappa shape index (κ3) is 15.0. The van der Waals surface area contributed by atoms with Gasteiger partial charge in [0.2, 0.25) is 5.78 Å². The minimum Gasteiger partial charge on any atom is -0.486 e. The monoisotopic (exact) mass is 868 g/mol. The summed E-state index contributed by atoms with van der Waals surface area (Å²) in [7, 11) is 4.12. The van der Waals surface area contributed by atoms with Gasteiger partial charge in [-0.05, 0) is 148 Å². The maximum absolute atomic E-state index is 12.5. The van der Waals surface area contributed by atoms with Crippen molar-refractivity contribution in [3.8, 4) is 11.5 Å². The summed E-state index contributed by atoms with van der Waals surface area (Å²) in [5.41, 5.74) is 7.33. The second kappa shape index (κ2) is 23.5. The number of rotatable bonds is 18. The van der Waals surface area contributed by atoms with Crippen molar-refractivity contribution >= 4 is 52.2 Å². The maximum Gasteiger partial charge on any atom is 0.210 e. The van der Waals surface area contributed by atoms with E-state index in [2.05, 4.69) is 77.9 Å². The van der Waals surface area contributed by atoms with Gasteiger partial charge in [-0.15, -0.1) is 0 Å². The molecule has 0 fully saturated rings. The lowest BCUT2D eigenvalue weighted by Gasteiger charge is -2.25. The summed E-state index contributed by atoms with van der Waals surface area (Å²) in [6.45, 7) is 6.47. The van der Waals surface area contributed by atoms with Crippen LogP contribution in [0, 0.1) is 6.92 Å². The van der Waals surface area contributed by atoms with Gasteiger partial charge < -0.3 is 19.7 Å². The molecule has 59 heavy (non-hydrogen) atoms. The summed E-state index contributed by atoms with van der Waals surface area (Å²) >= 11 is 24.1. The van der Waals surface area contributed by atoms with Crippen molar-refractivity contribution in [2.24, 2.45) is 0 Å². The Morgan fingerprint density at radius 1 is 0.610 bits per heavy atom. The van der Waals surface area contributed by atoms with Crippen LogP contribution in [0.15, 0.2) is 146 Å². The predicted molar refractivity (Wildman–Crippen MR) is 247 cm³/mol. The molecular weight excluding hydrogens is 818 g/mol. The molecule has 0 spiro atoms. The molecule has 0 heterocycles. The second-order valence-electron chi connectivity index (χ2n) is 14.7. The molecule has 9 heteroatoms. The number of nitrogens with one attached hydrogen (secondary N) is 1. The summed E-state index contributed by atoms with van der Waals surface area (Å²) in [5.74, 6) is 1.78. The number of likely N-dealkylation sites (N-methyl/N-ethyl adjacent to an activating group) is 2. The standard InChI is InChI=1S/C35H37Cl2NO3.C15H15Cl2N/c1-25-6-18-32(19-7-25)40-24-35(39)26(2)41-33-20-8-27(9-21-33)5-4-22-38(3)23-34(28-10-14-30(36)15-11-28)29-12-16-31(37)17-13-29;1-18-10-15(11-2-6-13(16)7-3-11)12-4-8-14(17)9-5-12/h6-21,26,34H,4-5,22-24H2,1-3H3;2-9,15,18H,10H2,1H3. The van der Waals surface area contributed by atoms with Gasteiger partial charge in [0.25, 0.3) is 0 Å². The molecule has 6 aromatic rings. The van der Waals surface area contributed by atoms with Crippen LogP contribution in [0.2, 0.25) is 20.1 Å². The molecule has 0 aliphatic heterocycles. The Morgan fingerprint density at radius 3 is 1.47 bits per heavy atom. The number of carbonyl (C=O) groups excluding carboxylic acids is 1. The van der Waals surface area contributed by atoms with Gasteiger partial charge in [-0.2, -0.15) is 0 Å². The van der Waals surface area contributed by atoms with Crippen molar-refractivity contribution < 1.29 is 14.3 Å². The number of hydrogen-bond donors (Lipinski definition) is 1. The van der Waals surface area contributed by atoms with Crippen molar-refractivity contribution in [1.82, 2.24) is 10.2 Å². The molecule has 0 radical (unpaired) electrons. The normalized spacial score (nSPS) is 11.6. The number of aryl methyl sites for hydroxylation is 2. The Bertz CT molecular complexity index is 2050. The van der Waals surface area contributed by atoms with E-state index in [1.165, 1.54) is 27.8 Å². The van der Waals surface area contributed by atoms with Gasteiger partial charge in [-0.1, -0.05) is 125 Å². The third-order valence-corrected chi connectivity index (χ3v) is 11.1. The van der Waals surface area contributed by atoms with Crippen LogP contribution in [0.1, 0.15) is 58.6 Å². The maximum atomic E-state index is 12.5. The van der Waals surface area contributed by atoms with E-state index in [0.717, 1.165) is 58.1 Å². The summed E-state index contributed by atoms with van der Waals surface area (Å²) in [4.78, 5) is 14.9. The molecule has 5 nitrogen and oxygen atoms in total. The largest absolute Gasteiger partial charge is 0.486 e. The van der Waals surface area contributed by atoms with Gasteiger partial charge in [0.05, 0.1) is 0 Å². The molecule has 6 rings (SSSR count). The van der Waals surface area contributed by atoms with E-state index in [9.17, 15) is 4.79 Å². The Morgan fingerprint density at radius 2 is 1.03 bits per heavy atom. The minimum atomic E-state index is -0.589. The Labute approximate surface area is 370 Å². The van der Waals surface area contributed by atoms with E-state index in [4.69, 9.17) is 55.9 Å². The van der Waals surface area contributed by atoms with E-state index in [1.807, 2.05) is 98.9 Å². The Hall–Kier alpha value is -4.33. The van der Waals surface area contributed by atoms with Crippen molar-refractivity contribution in [1.29, 1.82) is 0 Å². The lowest BCUT2D eigenvalue weighted by Crippen LogP contribution is -2.28. The molecular formula is C50H52Cl4N2O3. The lowest BCUT2D eigenvalue weighted by atomic mass is 9.91. The van der Waals surface area contributed by atoms with Crippen molar-refractivity contribution in [2.45, 2.75) is 44.6 Å². The molecule has 0 aromatic heterocycles. The number of nitrogens with zero attached hydrogens (tertiary/aromatic N) is 1. The molecule has 6 aromatic carbocycles. The zero-order valence-corrected chi connectivity index (χ0v) is 37.0. The molecule has 1 atom stereocenters. The zero-order chi connectivity index (χ0) is 42.1. The fourth-order valence-corrected chi connectivity index (χ4v) is 7.19. The van der Waals surface area contributed by atoms with Crippen LogP contribution < -0.4 is 14.8 Å². The number of benzene rings is 6. The van der Waals surface area contributed by atoms with Gasteiger partial charge in [-0.25, -0.2) is 0 Å². The van der Waals surface area contributed by atoms with Gasteiger partial charge >= 0.3 is 0 Å². The topological polar surface area (TPSA) is 50.8 Å². The quantitative estimate of drug-likeness (QED) is 0.0932. The summed E-state index contributed by atoms with van der Waals surface area (Å²) in [6.07, 6.45) is 1.39. The van der Waals surface area contributed by atoms with E-state index in [1.54, 1.807) is 6.92 Å². The predicted octanol–water partition coefficient (Wildman–Crippen LogP) is 12.8. The number of carbonyl (C=O) groups is 1. The summed E-state index contributed by atoms with van der Waals surface area (Å²) in [6, 6.07) is 47.8. The van der Waals surface area contributed by atoms with Crippen molar-refractivity contribution in [3.63, 3.8) is 0 Å². The van der Waals surface area contributed by atoms with Crippen LogP contribution in [0.25, 0.3) is 0 Å². The first-order valence-electron chi connectivity index (χ1n) is 19.8. The van der Waals surface area contributed by atoms with Crippen LogP contribution in [-0.4, -0.2) is 57.1 Å². The molecule has 0 aliphatic carbocycles. The van der Waals surface area contributed by atoms with E-state index in [-0.39, 0.29) is 18.3 Å². The van der Waals surface area contributed by atoms with Crippen LogP contribution in [-0.2, 0) is 11.2 Å².